The maximum atomic E-state index is 12.6. The van der Waals surface area contributed by atoms with Gasteiger partial charge >= 0.3 is 5.69 Å². The highest BCUT2D eigenvalue weighted by atomic mass is 35.5. The fourth-order valence-electron chi connectivity index (χ4n) is 3.44. The normalized spacial score (nSPS) is 10.7. The highest BCUT2D eigenvalue weighted by Crippen LogP contribution is 2.30. The van der Waals surface area contributed by atoms with Gasteiger partial charge in [-0.05, 0) is 53.1 Å². The number of nitrogens with one attached hydrogen (secondary N) is 2. The predicted octanol–water partition coefficient (Wildman–Crippen LogP) is 4.69. The summed E-state index contributed by atoms with van der Waals surface area (Å²) in [5.41, 5.74) is 2.50. The Labute approximate surface area is 204 Å². The van der Waals surface area contributed by atoms with Gasteiger partial charge in [0, 0.05) is 11.9 Å². The van der Waals surface area contributed by atoms with Crippen LogP contribution in [0, 0.1) is 0 Å². The quantitative estimate of drug-likeness (QED) is 0.405. The van der Waals surface area contributed by atoms with Crippen LogP contribution in [0.4, 0.5) is 5.69 Å². The topological polar surface area (TPSA) is 93.2 Å². The third-order valence-electron chi connectivity index (χ3n) is 5.10. The molecule has 7 nitrogen and oxygen atoms in total. The van der Waals surface area contributed by atoms with Crippen molar-refractivity contribution in [2.45, 2.75) is 6.42 Å². The Morgan fingerprint density at radius 2 is 1.71 bits per heavy atom. The van der Waals surface area contributed by atoms with Gasteiger partial charge in [0.25, 0.3) is 5.56 Å². The number of amides is 1. The molecule has 0 bridgehead atoms. The lowest BCUT2D eigenvalue weighted by atomic mass is 10.0. The van der Waals surface area contributed by atoms with Crippen molar-refractivity contribution in [2.75, 3.05) is 12.4 Å². The zero-order valence-electron chi connectivity index (χ0n) is 18.0. The van der Waals surface area contributed by atoms with Crippen LogP contribution >= 0.6 is 23.2 Å². The van der Waals surface area contributed by atoms with Crippen molar-refractivity contribution in [3.05, 3.63) is 109 Å². The van der Waals surface area contributed by atoms with Crippen LogP contribution in [0.1, 0.15) is 5.56 Å². The molecule has 1 aromatic heterocycles. The Morgan fingerprint density at radius 1 is 0.971 bits per heavy atom. The van der Waals surface area contributed by atoms with Gasteiger partial charge in [-0.25, -0.2) is 4.79 Å². The van der Waals surface area contributed by atoms with Crippen LogP contribution in [-0.4, -0.2) is 22.6 Å². The molecule has 172 valence electrons. The summed E-state index contributed by atoms with van der Waals surface area (Å²) in [5, 5.41) is 3.25. The Balaban J connectivity index is 1.46. The number of aromatic nitrogens is 2. The number of H-pyrrole nitrogens is 1. The highest BCUT2D eigenvalue weighted by molar-refractivity contribution is 6.32. The van der Waals surface area contributed by atoms with Gasteiger partial charge in [-0.1, -0.05) is 53.5 Å². The smallest absolute Gasteiger partial charge is 0.332 e. The third kappa shape index (κ3) is 5.22. The number of hydrogen-bond donors (Lipinski definition) is 2. The molecule has 0 atom stereocenters. The second-order valence-electron chi connectivity index (χ2n) is 7.43. The number of aromatic amines is 1. The molecule has 0 aliphatic rings. The maximum Gasteiger partial charge on any atom is 0.332 e. The van der Waals surface area contributed by atoms with E-state index in [1.807, 2.05) is 36.4 Å². The van der Waals surface area contributed by atoms with Crippen molar-refractivity contribution in [3.63, 3.8) is 0 Å². The molecule has 3 aromatic carbocycles. The lowest BCUT2D eigenvalue weighted by Crippen LogP contribution is -2.28. The van der Waals surface area contributed by atoms with Crippen molar-refractivity contribution in [2.24, 2.45) is 0 Å². The average Bonchev–Trinajstić information content (AvgIpc) is 2.82. The van der Waals surface area contributed by atoms with Crippen molar-refractivity contribution in [1.82, 2.24) is 9.55 Å². The molecule has 0 saturated heterocycles. The number of methoxy groups -OCH3 is 1. The van der Waals surface area contributed by atoms with Crippen LogP contribution < -0.4 is 21.3 Å². The number of benzene rings is 3. The zero-order chi connectivity index (χ0) is 24.2. The minimum absolute atomic E-state index is 0.101. The van der Waals surface area contributed by atoms with Crippen LogP contribution in [-0.2, 0) is 11.2 Å². The van der Waals surface area contributed by atoms with Gasteiger partial charge in [0.05, 0.1) is 24.2 Å². The predicted molar refractivity (Wildman–Crippen MR) is 133 cm³/mol. The Bertz CT molecular complexity index is 1480. The van der Waals surface area contributed by atoms with Gasteiger partial charge in [-0.2, -0.15) is 0 Å². The first-order chi connectivity index (χ1) is 16.3. The molecule has 2 N–H and O–H groups in total. The van der Waals surface area contributed by atoms with Gasteiger partial charge in [0.15, 0.2) is 0 Å². The van der Waals surface area contributed by atoms with E-state index < -0.39 is 11.2 Å². The monoisotopic (exact) mass is 495 g/mol. The van der Waals surface area contributed by atoms with Crippen molar-refractivity contribution < 1.29 is 9.53 Å². The van der Waals surface area contributed by atoms with Gasteiger partial charge in [-0.15, -0.1) is 0 Å². The number of rotatable bonds is 6. The Kier molecular flexibility index (Phi) is 6.86. The first kappa shape index (κ1) is 23.4. The first-order valence-electron chi connectivity index (χ1n) is 10.2. The molecule has 0 aliphatic carbocycles. The fourth-order valence-corrected chi connectivity index (χ4v) is 3.84. The summed E-state index contributed by atoms with van der Waals surface area (Å²) < 4.78 is 6.41. The van der Waals surface area contributed by atoms with Crippen LogP contribution in [0.5, 0.6) is 5.75 Å². The number of carbonyl (C=O) groups is 1. The Morgan fingerprint density at radius 3 is 2.41 bits per heavy atom. The summed E-state index contributed by atoms with van der Waals surface area (Å²) in [6.45, 7) is 0. The molecule has 0 radical (unpaired) electrons. The van der Waals surface area contributed by atoms with E-state index >= 15 is 0 Å². The van der Waals surface area contributed by atoms with E-state index in [4.69, 9.17) is 27.9 Å². The van der Waals surface area contributed by atoms with Crippen molar-refractivity contribution in [1.29, 1.82) is 0 Å². The molecule has 4 aromatic rings. The highest BCUT2D eigenvalue weighted by Gasteiger charge is 2.09. The number of hydrogen-bond acceptors (Lipinski definition) is 4. The van der Waals surface area contributed by atoms with E-state index in [9.17, 15) is 14.4 Å². The Hall–Kier alpha value is -3.81. The third-order valence-corrected chi connectivity index (χ3v) is 5.67. The molecule has 0 aliphatic heterocycles. The minimum Gasteiger partial charge on any atom is -0.495 e. The second-order valence-corrected chi connectivity index (χ2v) is 8.24. The number of ether oxygens (including phenoxy) is 1. The fraction of sp³-hybridized carbons (Fsp3) is 0.0800. The average molecular weight is 496 g/mol. The van der Waals surface area contributed by atoms with Crippen molar-refractivity contribution >= 4 is 34.8 Å². The molecule has 4 rings (SSSR count). The SMILES string of the molecule is COc1ccc(-c2cccc(CC(=O)Nc3ccc(-n4cc(Cl)c(=O)[nH]c4=O)cc3)c2)cc1Cl. The van der Waals surface area contributed by atoms with E-state index in [0.717, 1.165) is 16.7 Å². The van der Waals surface area contributed by atoms with Crippen LogP contribution in [0.2, 0.25) is 10.0 Å². The molecule has 0 fully saturated rings. The van der Waals surface area contributed by atoms with E-state index in [1.165, 1.54) is 10.8 Å². The summed E-state index contributed by atoms with van der Waals surface area (Å²) in [4.78, 5) is 38.2. The first-order valence-corrected chi connectivity index (χ1v) is 10.9. The van der Waals surface area contributed by atoms with Gasteiger partial charge in [-0.3, -0.25) is 19.1 Å². The van der Waals surface area contributed by atoms with E-state index in [-0.39, 0.29) is 17.4 Å². The summed E-state index contributed by atoms with van der Waals surface area (Å²) in [5.74, 6) is 0.405. The standard InChI is InChI=1S/C25H19Cl2N3O4/c1-34-22-10-5-17(13-20(22)26)16-4-2-3-15(11-16)12-23(31)28-18-6-8-19(9-7-18)30-14-21(27)24(32)29-25(30)33/h2-11,13-14H,12H2,1H3,(H,28,31)(H,29,32,33). The van der Waals surface area contributed by atoms with Gasteiger partial charge in [0.1, 0.15) is 10.8 Å². The molecule has 1 amide bonds. The number of carbonyl (C=O) groups excluding carboxylic acids is 1. The molecular weight excluding hydrogens is 477 g/mol. The molecule has 9 heteroatoms. The van der Waals surface area contributed by atoms with Gasteiger partial charge in [0.2, 0.25) is 5.91 Å². The summed E-state index contributed by atoms with van der Waals surface area (Å²) in [6.07, 6.45) is 1.42. The lowest BCUT2D eigenvalue weighted by Gasteiger charge is -2.10. The summed E-state index contributed by atoms with van der Waals surface area (Å²) in [7, 11) is 1.56. The molecular formula is C25H19Cl2N3O4. The largest absolute Gasteiger partial charge is 0.495 e. The van der Waals surface area contributed by atoms with Crippen LogP contribution in [0.25, 0.3) is 16.8 Å². The molecule has 0 unspecified atom stereocenters. The maximum absolute atomic E-state index is 12.6. The van der Waals surface area contributed by atoms with E-state index in [2.05, 4.69) is 10.3 Å². The summed E-state index contributed by atoms with van der Waals surface area (Å²) >= 11 is 12.0. The molecule has 34 heavy (non-hydrogen) atoms. The van der Waals surface area contributed by atoms with E-state index in [0.29, 0.717) is 22.1 Å². The van der Waals surface area contributed by atoms with Crippen LogP contribution in [0.15, 0.2) is 82.5 Å². The number of halogens is 2. The molecule has 1 heterocycles. The summed E-state index contributed by atoms with van der Waals surface area (Å²) in [6, 6.07) is 19.8. The van der Waals surface area contributed by atoms with Crippen molar-refractivity contribution in [3.8, 4) is 22.6 Å². The molecule has 0 spiro atoms. The second kappa shape index (κ2) is 9.99. The molecule has 0 saturated carbocycles. The van der Waals surface area contributed by atoms with E-state index in [1.54, 1.807) is 37.4 Å². The lowest BCUT2D eigenvalue weighted by molar-refractivity contribution is -0.115. The van der Waals surface area contributed by atoms with Crippen LogP contribution in [0.3, 0.4) is 0 Å². The minimum atomic E-state index is -0.647. The number of anilines is 1. The zero-order valence-corrected chi connectivity index (χ0v) is 19.5. The number of nitrogens with zero attached hydrogens (tertiary/aromatic N) is 1. The van der Waals surface area contributed by atoms with Gasteiger partial charge < -0.3 is 10.1 Å².